The van der Waals surface area contributed by atoms with Crippen LogP contribution in [0.2, 0.25) is 5.02 Å². The number of fused-ring (bicyclic) bond motifs is 3. The van der Waals surface area contributed by atoms with Crippen molar-refractivity contribution in [1.82, 2.24) is 9.88 Å². The smallest absolute Gasteiger partial charge is 0.295 e. The number of methoxy groups -OCH3 is 1. The number of carbonyl (C=O) groups excluding carboxylic acids is 1. The van der Waals surface area contributed by atoms with Gasteiger partial charge in [-0.1, -0.05) is 17.7 Å². The maximum absolute atomic E-state index is 12.9. The minimum Gasteiger partial charge on any atom is -0.496 e. The minimum absolute atomic E-state index is 0.0391. The molecule has 2 aliphatic rings. The Morgan fingerprint density at radius 2 is 2.22 bits per heavy atom. The quantitative estimate of drug-likeness (QED) is 0.743. The first-order valence-electron chi connectivity index (χ1n) is 8.59. The molecule has 0 saturated carbocycles. The summed E-state index contributed by atoms with van der Waals surface area (Å²) in [5.74, 6) is 0.980. The summed E-state index contributed by atoms with van der Waals surface area (Å²) < 4.78 is 17.1. The van der Waals surface area contributed by atoms with Gasteiger partial charge in [-0.2, -0.15) is 4.98 Å². The van der Waals surface area contributed by atoms with Gasteiger partial charge in [0.2, 0.25) is 0 Å². The summed E-state index contributed by atoms with van der Waals surface area (Å²) in [6, 6.07) is 11.0. The van der Waals surface area contributed by atoms with E-state index in [1.165, 1.54) is 0 Å². The van der Waals surface area contributed by atoms with Crippen LogP contribution in [0.1, 0.15) is 16.8 Å². The van der Waals surface area contributed by atoms with Crippen LogP contribution in [0, 0.1) is 0 Å². The number of nitrogens with one attached hydrogen (secondary N) is 1. The van der Waals surface area contributed by atoms with Crippen LogP contribution in [0.15, 0.2) is 40.8 Å². The molecule has 8 heteroatoms. The molecule has 138 valence electrons. The third-order valence-corrected chi connectivity index (χ3v) is 5.11. The maximum Gasteiger partial charge on any atom is 0.295 e. The average molecular weight is 386 g/mol. The van der Waals surface area contributed by atoms with E-state index < -0.39 is 0 Å². The third kappa shape index (κ3) is 2.66. The summed E-state index contributed by atoms with van der Waals surface area (Å²) >= 11 is 5.99. The van der Waals surface area contributed by atoms with Crippen LogP contribution in [0.5, 0.6) is 11.5 Å². The zero-order valence-electron chi connectivity index (χ0n) is 14.4. The number of hydrogen-bond acceptors (Lipinski definition) is 6. The number of hydrogen-bond donors (Lipinski definition) is 1. The molecule has 2 atom stereocenters. The first-order valence-corrected chi connectivity index (χ1v) is 8.97. The first kappa shape index (κ1) is 16.3. The van der Waals surface area contributed by atoms with Gasteiger partial charge >= 0.3 is 0 Å². The lowest BCUT2D eigenvalue weighted by Crippen LogP contribution is -2.43. The molecule has 1 N–H and O–H groups in total. The molecule has 7 nitrogen and oxygen atoms in total. The van der Waals surface area contributed by atoms with Gasteiger partial charge in [-0.15, -0.1) is 0 Å². The van der Waals surface area contributed by atoms with Crippen molar-refractivity contribution in [2.75, 3.05) is 19.0 Å². The Kier molecular flexibility index (Phi) is 3.65. The van der Waals surface area contributed by atoms with Crippen LogP contribution in [0.3, 0.4) is 0 Å². The lowest BCUT2D eigenvalue weighted by atomic mass is 10.1. The number of aromatic nitrogens is 1. The maximum atomic E-state index is 12.9. The van der Waals surface area contributed by atoms with E-state index in [0.717, 1.165) is 0 Å². The lowest BCUT2D eigenvalue weighted by Gasteiger charge is -2.31. The van der Waals surface area contributed by atoms with E-state index in [1.54, 1.807) is 42.3 Å². The topological polar surface area (TPSA) is 76.8 Å². The fraction of sp³-hybridized carbons (Fsp3) is 0.263. The van der Waals surface area contributed by atoms with Gasteiger partial charge in [0.05, 0.1) is 13.2 Å². The van der Waals surface area contributed by atoms with Crippen molar-refractivity contribution < 1.29 is 18.7 Å². The summed E-state index contributed by atoms with van der Waals surface area (Å²) in [4.78, 5) is 19.1. The highest BCUT2D eigenvalue weighted by atomic mass is 35.5. The van der Waals surface area contributed by atoms with E-state index in [0.29, 0.717) is 52.2 Å². The molecule has 3 aromatic rings. The van der Waals surface area contributed by atoms with E-state index in [2.05, 4.69) is 10.3 Å². The largest absolute Gasteiger partial charge is 0.496 e. The van der Waals surface area contributed by atoms with Gasteiger partial charge in [0.1, 0.15) is 22.6 Å². The van der Waals surface area contributed by atoms with Crippen molar-refractivity contribution in [2.45, 2.75) is 18.7 Å². The molecule has 1 unspecified atom stereocenters. The van der Waals surface area contributed by atoms with Crippen molar-refractivity contribution >= 4 is 34.6 Å². The van der Waals surface area contributed by atoms with Gasteiger partial charge in [0, 0.05) is 18.0 Å². The number of anilines is 1. The molecule has 2 aliphatic heterocycles. The Hall–Kier alpha value is -2.93. The standard InChI is InChI=1S/C19H16ClN3O4/c1-25-14-3-2-4-15-17(14)18(24)23-9-11(8-16(23)26-15)21-19-22-12-7-10(20)5-6-13(12)27-19/h2-7,11,16H,8-9H2,1H3,(H,21,22)/t11-,16?/m1/s1. The molecule has 1 aromatic heterocycles. The number of ether oxygens (including phenoxy) is 2. The van der Waals surface area contributed by atoms with Gasteiger partial charge in [0.25, 0.3) is 11.9 Å². The van der Waals surface area contributed by atoms with Gasteiger partial charge in [-0.25, -0.2) is 0 Å². The predicted molar refractivity (Wildman–Crippen MR) is 99.5 cm³/mol. The van der Waals surface area contributed by atoms with Crippen molar-refractivity contribution in [3.63, 3.8) is 0 Å². The van der Waals surface area contributed by atoms with Crippen LogP contribution in [0.4, 0.5) is 6.01 Å². The van der Waals surface area contributed by atoms with E-state index in [4.69, 9.17) is 25.5 Å². The molecule has 0 radical (unpaired) electrons. The molecular weight excluding hydrogens is 370 g/mol. The number of rotatable bonds is 3. The monoisotopic (exact) mass is 385 g/mol. The number of halogens is 1. The van der Waals surface area contributed by atoms with Crippen LogP contribution >= 0.6 is 11.6 Å². The molecule has 3 heterocycles. The molecular formula is C19H16ClN3O4. The number of nitrogens with zero attached hydrogens (tertiary/aromatic N) is 2. The van der Waals surface area contributed by atoms with Gasteiger partial charge in [0.15, 0.2) is 11.8 Å². The summed E-state index contributed by atoms with van der Waals surface area (Å²) in [5.41, 5.74) is 1.81. The number of amides is 1. The summed E-state index contributed by atoms with van der Waals surface area (Å²) in [6.07, 6.45) is 0.301. The molecule has 27 heavy (non-hydrogen) atoms. The third-order valence-electron chi connectivity index (χ3n) is 4.87. The van der Waals surface area contributed by atoms with Crippen molar-refractivity contribution in [2.24, 2.45) is 0 Å². The second-order valence-electron chi connectivity index (χ2n) is 6.57. The van der Waals surface area contributed by atoms with Crippen LogP contribution in [-0.4, -0.2) is 41.7 Å². The van der Waals surface area contributed by atoms with Crippen LogP contribution in [0.25, 0.3) is 11.1 Å². The van der Waals surface area contributed by atoms with E-state index in [9.17, 15) is 4.79 Å². The molecule has 1 amide bonds. The Bertz CT molecular complexity index is 1050. The molecule has 1 fully saturated rings. The average Bonchev–Trinajstić information content (AvgIpc) is 3.24. The number of carbonyl (C=O) groups is 1. The predicted octanol–water partition coefficient (Wildman–Crippen LogP) is 3.53. The van der Waals surface area contributed by atoms with E-state index in [1.807, 2.05) is 6.07 Å². The summed E-state index contributed by atoms with van der Waals surface area (Å²) in [5, 5.41) is 3.86. The zero-order valence-corrected chi connectivity index (χ0v) is 15.2. The summed E-state index contributed by atoms with van der Waals surface area (Å²) in [6.45, 7) is 0.487. The van der Waals surface area contributed by atoms with E-state index in [-0.39, 0.29) is 18.2 Å². The van der Waals surface area contributed by atoms with Crippen LogP contribution < -0.4 is 14.8 Å². The Balaban J connectivity index is 1.37. The molecule has 2 aromatic carbocycles. The second kappa shape index (κ2) is 6.06. The van der Waals surface area contributed by atoms with Gasteiger partial charge in [-0.3, -0.25) is 4.79 Å². The summed E-state index contributed by atoms with van der Waals surface area (Å²) in [7, 11) is 1.54. The fourth-order valence-electron chi connectivity index (χ4n) is 3.65. The molecule has 0 spiro atoms. The van der Waals surface area contributed by atoms with Crippen molar-refractivity contribution in [1.29, 1.82) is 0 Å². The Labute approximate surface area is 159 Å². The Morgan fingerprint density at radius 3 is 3.07 bits per heavy atom. The molecule has 5 rings (SSSR count). The van der Waals surface area contributed by atoms with Gasteiger partial charge in [-0.05, 0) is 30.3 Å². The normalized spacial score (nSPS) is 21.0. The number of benzene rings is 2. The van der Waals surface area contributed by atoms with E-state index >= 15 is 0 Å². The van der Waals surface area contributed by atoms with Gasteiger partial charge < -0.3 is 24.1 Å². The highest BCUT2D eigenvalue weighted by molar-refractivity contribution is 6.31. The molecule has 0 bridgehead atoms. The lowest BCUT2D eigenvalue weighted by molar-refractivity contribution is 0.0288. The zero-order chi connectivity index (χ0) is 18.5. The highest BCUT2D eigenvalue weighted by Crippen LogP contribution is 2.38. The highest BCUT2D eigenvalue weighted by Gasteiger charge is 2.43. The van der Waals surface area contributed by atoms with Crippen LogP contribution in [-0.2, 0) is 0 Å². The Morgan fingerprint density at radius 1 is 1.33 bits per heavy atom. The second-order valence-corrected chi connectivity index (χ2v) is 7.01. The fourth-order valence-corrected chi connectivity index (χ4v) is 3.81. The number of oxazole rings is 1. The molecule has 0 aliphatic carbocycles. The van der Waals surface area contributed by atoms with Crippen molar-refractivity contribution in [3.8, 4) is 11.5 Å². The van der Waals surface area contributed by atoms with Crippen molar-refractivity contribution in [3.05, 3.63) is 47.0 Å². The molecule has 1 saturated heterocycles. The SMILES string of the molecule is COc1cccc2c1C(=O)N1C[C@H](Nc3nc4cc(Cl)ccc4o3)CC1O2. The first-order chi connectivity index (χ1) is 13.1. The minimum atomic E-state index is -0.326.